The average Bonchev–Trinajstić information content (AvgIpc) is 2.26. The predicted molar refractivity (Wildman–Crippen MR) is 66.0 cm³/mol. The minimum atomic E-state index is -0.425. The highest BCUT2D eigenvalue weighted by atomic mass is 16.3. The Morgan fingerprint density at radius 3 is 2.31 bits per heavy atom. The van der Waals surface area contributed by atoms with Crippen molar-refractivity contribution < 1.29 is 9.90 Å². The van der Waals surface area contributed by atoms with Crippen LogP contribution in [0.25, 0.3) is 0 Å². The van der Waals surface area contributed by atoms with Crippen molar-refractivity contribution in [2.24, 2.45) is 11.7 Å². The smallest absolute Gasteiger partial charge is 0.239 e. The molecule has 0 fully saturated rings. The van der Waals surface area contributed by atoms with E-state index in [4.69, 9.17) is 10.8 Å². The van der Waals surface area contributed by atoms with Crippen LogP contribution >= 0.6 is 0 Å². The normalized spacial score (nSPS) is 14.9. The summed E-state index contributed by atoms with van der Waals surface area (Å²) in [5, 5.41) is 8.80. The second-order valence-electron chi connectivity index (χ2n) is 4.61. The lowest BCUT2D eigenvalue weighted by Crippen LogP contribution is -2.50. The highest BCUT2D eigenvalue weighted by Gasteiger charge is 2.26. The summed E-state index contributed by atoms with van der Waals surface area (Å²) in [4.78, 5) is 13.9. The van der Waals surface area contributed by atoms with Gasteiger partial charge in [0.05, 0.1) is 6.04 Å². The van der Waals surface area contributed by atoms with E-state index in [1.807, 2.05) is 27.7 Å². The van der Waals surface area contributed by atoms with E-state index in [0.29, 0.717) is 13.0 Å². The number of nitrogens with zero attached hydrogens (tertiary/aromatic N) is 1. The molecule has 0 aliphatic carbocycles. The monoisotopic (exact) mass is 230 g/mol. The number of hydrogen-bond donors (Lipinski definition) is 2. The molecule has 4 heteroatoms. The fourth-order valence-corrected chi connectivity index (χ4v) is 1.55. The zero-order chi connectivity index (χ0) is 12.7. The first-order valence-corrected chi connectivity index (χ1v) is 6.12. The van der Waals surface area contributed by atoms with E-state index in [-0.39, 0.29) is 24.5 Å². The Hall–Kier alpha value is -0.610. The van der Waals surface area contributed by atoms with Crippen LogP contribution in [0.1, 0.15) is 40.5 Å². The number of aliphatic hydroxyl groups is 1. The number of nitrogens with two attached hydrogens (primary N) is 1. The predicted octanol–water partition coefficient (Wildman–Crippen LogP) is 0.979. The third-order valence-corrected chi connectivity index (χ3v) is 3.01. The Balaban J connectivity index is 4.48. The van der Waals surface area contributed by atoms with Crippen LogP contribution in [0.2, 0.25) is 0 Å². The first-order chi connectivity index (χ1) is 7.45. The summed E-state index contributed by atoms with van der Waals surface area (Å²) in [6.07, 6.45) is 1.51. The quantitative estimate of drug-likeness (QED) is 0.685. The summed E-state index contributed by atoms with van der Waals surface area (Å²) in [5.74, 6) is 0.195. The Labute approximate surface area is 98.8 Å². The lowest BCUT2D eigenvalue weighted by Gasteiger charge is -2.31. The number of hydrogen-bond acceptors (Lipinski definition) is 3. The Morgan fingerprint density at radius 2 is 1.94 bits per heavy atom. The van der Waals surface area contributed by atoms with Crippen molar-refractivity contribution in [2.45, 2.75) is 52.6 Å². The van der Waals surface area contributed by atoms with Gasteiger partial charge in [-0.15, -0.1) is 0 Å². The number of aliphatic hydroxyl groups excluding tert-OH is 1. The van der Waals surface area contributed by atoms with Crippen molar-refractivity contribution in [1.82, 2.24) is 4.90 Å². The van der Waals surface area contributed by atoms with Gasteiger partial charge in [-0.3, -0.25) is 4.79 Å². The molecular formula is C12H26N2O2. The molecule has 0 aromatic heterocycles. The minimum absolute atomic E-state index is 0.00204. The maximum atomic E-state index is 12.1. The molecule has 0 bridgehead atoms. The Morgan fingerprint density at radius 1 is 1.38 bits per heavy atom. The molecule has 0 saturated heterocycles. The lowest BCUT2D eigenvalue weighted by molar-refractivity contribution is -0.135. The fraction of sp³-hybridized carbons (Fsp3) is 0.917. The van der Waals surface area contributed by atoms with Crippen molar-refractivity contribution in [2.75, 3.05) is 13.2 Å². The van der Waals surface area contributed by atoms with Gasteiger partial charge in [0.2, 0.25) is 5.91 Å². The van der Waals surface area contributed by atoms with E-state index in [0.717, 1.165) is 6.42 Å². The van der Waals surface area contributed by atoms with Gasteiger partial charge >= 0.3 is 0 Å². The zero-order valence-electron chi connectivity index (χ0n) is 10.9. The number of carbonyl (C=O) groups excluding carboxylic acids is 1. The zero-order valence-corrected chi connectivity index (χ0v) is 10.9. The van der Waals surface area contributed by atoms with Crippen molar-refractivity contribution in [1.29, 1.82) is 0 Å². The van der Waals surface area contributed by atoms with Crippen LogP contribution < -0.4 is 5.73 Å². The van der Waals surface area contributed by atoms with Crippen molar-refractivity contribution >= 4 is 5.91 Å². The van der Waals surface area contributed by atoms with Gasteiger partial charge in [-0.2, -0.15) is 0 Å². The van der Waals surface area contributed by atoms with Crippen molar-refractivity contribution in [3.05, 3.63) is 0 Å². The topological polar surface area (TPSA) is 66.6 Å². The van der Waals surface area contributed by atoms with Crippen LogP contribution in [0, 0.1) is 5.92 Å². The molecule has 0 spiro atoms. The largest absolute Gasteiger partial charge is 0.396 e. The summed E-state index contributed by atoms with van der Waals surface area (Å²) in [6, 6.07) is -0.291. The van der Waals surface area contributed by atoms with Crippen LogP contribution in [0.3, 0.4) is 0 Å². The third-order valence-electron chi connectivity index (χ3n) is 3.01. The summed E-state index contributed by atoms with van der Waals surface area (Å²) in [6.45, 7) is 8.65. The Bertz CT molecular complexity index is 207. The van der Waals surface area contributed by atoms with Crippen LogP contribution in [-0.4, -0.2) is 41.1 Å². The van der Waals surface area contributed by atoms with E-state index < -0.39 is 6.04 Å². The molecule has 0 rings (SSSR count). The average molecular weight is 230 g/mol. The standard InChI is InChI=1S/C12H26N2O2/c1-5-10(4)11(13)12(16)14(9(2)3)7-6-8-15/h9-11,15H,5-8,13H2,1-4H3/t10?,11-/m0/s1. The van der Waals surface area contributed by atoms with E-state index >= 15 is 0 Å². The SMILES string of the molecule is CCC(C)[C@H](N)C(=O)N(CCCO)C(C)C. The van der Waals surface area contributed by atoms with E-state index in [2.05, 4.69) is 0 Å². The minimum Gasteiger partial charge on any atom is -0.396 e. The molecule has 96 valence electrons. The molecule has 0 saturated carbocycles. The summed E-state index contributed by atoms with van der Waals surface area (Å²) >= 11 is 0. The molecule has 2 atom stereocenters. The van der Waals surface area contributed by atoms with Crippen molar-refractivity contribution in [3.8, 4) is 0 Å². The summed E-state index contributed by atoms with van der Waals surface area (Å²) < 4.78 is 0. The van der Waals surface area contributed by atoms with Gasteiger partial charge in [0.1, 0.15) is 0 Å². The van der Waals surface area contributed by atoms with Gasteiger partial charge in [0, 0.05) is 19.2 Å². The second kappa shape index (κ2) is 7.63. The first-order valence-electron chi connectivity index (χ1n) is 6.12. The molecule has 0 heterocycles. The molecule has 0 aromatic rings. The van der Waals surface area contributed by atoms with E-state index in [9.17, 15) is 4.79 Å². The van der Waals surface area contributed by atoms with Crippen LogP contribution in [0.15, 0.2) is 0 Å². The molecule has 1 unspecified atom stereocenters. The number of carbonyl (C=O) groups is 1. The summed E-state index contributed by atoms with van der Waals surface area (Å²) in [7, 11) is 0. The fourth-order valence-electron chi connectivity index (χ4n) is 1.55. The van der Waals surface area contributed by atoms with Gasteiger partial charge in [0.15, 0.2) is 0 Å². The highest BCUT2D eigenvalue weighted by molar-refractivity contribution is 5.82. The number of rotatable bonds is 7. The highest BCUT2D eigenvalue weighted by Crippen LogP contribution is 2.11. The van der Waals surface area contributed by atoms with Crippen LogP contribution in [-0.2, 0) is 4.79 Å². The molecule has 16 heavy (non-hydrogen) atoms. The molecule has 3 N–H and O–H groups in total. The summed E-state index contributed by atoms with van der Waals surface area (Å²) in [5.41, 5.74) is 5.93. The second-order valence-corrected chi connectivity index (χ2v) is 4.61. The molecule has 4 nitrogen and oxygen atoms in total. The Kier molecular flexibility index (Phi) is 7.34. The van der Waals surface area contributed by atoms with Crippen LogP contribution in [0.5, 0.6) is 0 Å². The molecule has 0 radical (unpaired) electrons. The maximum Gasteiger partial charge on any atom is 0.239 e. The molecular weight excluding hydrogens is 204 g/mol. The van der Waals surface area contributed by atoms with Gasteiger partial charge in [-0.05, 0) is 26.2 Å². The molecule has 0 aliphatic rings. The van der Waals surface area contributed by atoms with Gasteiger partial charge < -0.3 is 15.7 Å². The third kappa shape index (κ3) is 4.49. The lowest BCUT2D eigenvalue weighted by atomic mass is 9.98. The molecule has 0 aromatic carbocycles. The number of amides is 1. The van der Waals surface area contributed by atoms with E-state index in [1.165, 1.54) is 0 Å². The van der Waals surface area contributed by atoms with Gasteiger partial charge in [-0.1, -0.05) is 20.3 Å². The van der Waals surface area contributed by atoms with Gasteiger partial charge in [0.25, 0.3) is 0 Å². The van der Waals surface area contributed by atoms with Gasteiger partial charge in [-0.25, -0.2) is 0 Å². The maximum absolute atomic E-state index is 12.1. The molecule has 0 aliphatic heterocycles. The van der Waals surface area contributed by atoms with Crippen LogP contribution in [0.4, 0.5) is 0 Å². The van der Waals surface area contributed by atoms with Crippen molar-refractivity contribution in [3.63, 3.8) is 0 Å². The van der Waals surface area contributed by atoms with E-state index in [1.54, 1.807) is 4.90 Å². The molecule has 1 amide bonds. The first kappa shape index (κ1) is 15.4.